The molecule has 1 aliphatic heterocycles. The number of aliphatic hydroxyl groups excluding tert-OH is 1. The van der Waals surface area contributed by atoms with Crippen LogP contribution < -0.4 is 5.32 Å². The Labute approximate surface area is 141 Å². The SMILES string of the molecule is CCCC1(CN[C@@H](CC)CO)CCN(C(=O)OC(C)(C)C)CC1. The van der Waals surface area contributed by atoms with Crippen LogP contribution in [0.3, 0.4) is 0 Å². The van der Waals surface area contributed by atoms with Gasteiger partial charge in [0, 0.05) is 25.7 Å². The van der Waals surface area contributed by atoms with Crippen molar-refractivity contribution in [3.8, 4) is 0 Å². The fourth-order valence-electron chi connectivity index (χ4n) is 3.23. The van der Waals surface area contributed by atoms with Gasteiger partial charge in [-0.15, -0.1) is 0 Å². The second-order valence-corrected chi connectivity index (χ2v) is 7.89. The quantitative estimate of drug-likeness (QED) is 0.753. The Kier molecular flexibility index (Phi) is 7.81. The molecule has 5 nitrogen and oxygen atoms in total. The predicted octanol–water partition coefficient (Wildman–Crippen LogP) is 3.16. The minimum Gasteiger partial charge on any atom is -0.444 e. The van der Waals surface area contributed by atoms with Gasteiger partial charge in [0.1, 0.15) is 5.60 Å². The maximum atomic E-state index is 12.2. The number of nitrogens with one attached hydrogen (secondary N) is 1. The molecule has 1 heterocycles. The van der Waals surface area contributed by atoms with E-state index in [2.05, 4.69) is 19.2 Å². The molecule has 0 spiro atoms. The van der Waals surface area contributed by atoms with E-state index in [9.17, 15) is 9.90 Å². The van der Waals surface area contributed by atoms with E-state index >= 15 is 0 Å². The van der Waals surface area contributed by atoms with Gasteiger partial charge in [-0.3, -0.25) is 0 Å². The number of hydrogen-bond donors (Lipinski definition) is 2. The fraction of sp³-hybridized carbons (Fsp3) is 0.944. The molecule has 5 heteroatoms. The zero-order valence-corrected chi connectivity index (χ0v) is 15.7. The first-order valence-corrected chi connectivity index (χ1v) is 9.07. The molecule has 0 aromatic carbocycles. The van der Waals surface area contributed by atoms with E-state index in [1.54, 1.807) is 0 Å². The van der Waals surface area contributed by atoms with Crippen molar-refractivity contribution in [3.05, 3.63) is 0 Å². The second kappa shape index (κ2) is 8.88. The lowest BCUT2D eigenvalue weighted by Crippen LogP contribution is -2.49. The zero-order chi connectivity index (χ0) is 17.5. The Bertz CT molecular complexity index is 354. The molecular weight excluding hydrogens is 292 g/mol. The summed E-state index contributed by atoms with van der Waals surface area (Å²) >= 11 is 0. The highest BCUT2D eigenvalue weighted by molar-refractivity contribution is 5.68. The van der Waals surface area contributed by atoms with E-state index < -0.39 is 5.60 Å². The molecule has 0 radical (unpaired) electrons. The Hall–Kier alpha value is -0.810. The van der Waals surface area contributed by atoms with E-state index in [-0.39, 0.29) is 24.2 Å². The van der Waals surface area contributed by atoms with Gasteiger partial charge in [-0.05, 0) is 51.9 Å². The molecule has 1 atom stereocenters. The molecule has 2 N–H and O–H groups in total. The first kappa shape index (κ1) is 20.2. The summed E-state index contributed by atoms with van der Waals surface area (Å²) < 4.78 is 5.48. The molecule has 23 heavy (non-hydrogen) atoms. The second-order valence-electron chi connectivity index (χ2n) is 7.89. The summed E-state index contributed by atoms with van der Waals surface area (Å²) in [5, 5.41) is 12.9. The van der Waals surface area contributed by atoms with Crippen LogP contribution in [0.15, 0.2) is 0 Å². The normalized spacial score (nSPS) is 19.5. The van der Waals surface area contributed by atoms with Crippen molar-refractivity contribution in [2.45, 2.75) is 78.4 Å². The van der Waals surface area contributed by atoms with Gasteiger partial charge in [-0.25, -0.2) is 4.79 Å². The predicted molar refractivity (Wildman–Crippen MR) is 93.5 cm³/mol. The maximum Gasteiger partial charge on any atom is 0.410 e. The standard InChI is InChI=1S/C18H36N2O3/c1-6-8-18(14-19-15(7-2)13-21)9-11-20(12-10-18)16(22)23-17(3,4)5/h15,19,21H,6-14H2,1-5H3/t15-/m0/s1. The van der Waals surface area contributed by atoms with Gasteiger partial charge in [-0.2, -0.15) is 0 Å². The molecule has 136 valence electrons. The summed E-state index contributed by atoms with van der Waals surface area (Å²) in [4.78, 5) is 14.0. The average Bonchev–Trinajstić information content (AvgIpc) is 2.47. The Morgan fingerprint density at radius 3 is 2.35 bits per heavy atom. The number of piperidine rings is 1. The van der Waals surface area contributed by atoms with Crippen molar-refractivity contribution >= 4 is 6.09 Å². The Morgan fingerprint density at radius 2 is 1.91 bits per heavy atom. The molecule has 0 saturated carbocycles. The Morgan fingerprint density at radius 1 is 1.30 bits per heavy atom. The summed E-state index contributed by atoms with van der Waals surface area (Å²) in [5.41, 5.74) is -0.206. The summed E-state index contributed by atoms with van der Waals surface area (Å²) in [6, 6.07) is 0.174. The lowest BCUT2D eigenvalue weighted by Gasteiger charge is -2.43. The van der Waals surface area contributed by atoms with E-state index in [0.717, 1.165) is 51.7 Å². The highest BCUT2D eigenvalue weighted by atomic mass is 16.6. The third-order valence-corrected chi connectivity index (χ3v) is 4.74. The number of rotatable bonds is 7. The van der Waals surface area contributed by atoms with E-state index in [4.69, 9.17) is 4.74 Å². The van der Waals surface area contributed by atoms with Crippen molar-refractivity contribution in [2.75, 3.05) is 26.2 Å². The van der Waals surface area contributed by atoms with Crippen molar-refractivity contribution in [1.29, 1.82) is 0 Å². The molecule has 1 fully saturated rings. The fourth-order valence-corrected chi connectivity index (χ4v) is 3.23. The molecule has 1 amide bonds. The van der Waals surface area contributed by atoms with Crippen LogP contribution in [0.2, 0.25) is 0 Å². The minimum atomic E-state index is -0.438. The molecule has 0 unspecified atom stereocenters. The van der Waals surface area contributed by atoms with Gasteiger partial charge in [0.25, 0.3) is 0 Å². The van der Waals surface area contributed by atoms with E-state index in [0.29, 0.717) is 0 Å². The average molecular weight is 328 g/mol. The van der Waals surface area contributed by atoms with Crippen molar-refractivity contribution in [1.82, 2.24) is 10.2 Å². The Balaban J connectivity index is 2.57. The number of amides is 1. The van der Waals surface area contributed by atoms with Crippen LogP contribution in [0.1, 0.15) is 66.7 Å². The third-order valence-electron chi connectivity index (χ3n) is 4.74. The van der Waals surface area contributed by atoms with Crippen molar-refractivity contribution in [3.63, 3.8) is 0 Å². The van der Waals surface area contributed by atoms with Gasteiger partial charge < -0.3 is 20.1 Å². The minimum absolute atomic E-state index is 0.174. The zero-order valence-electron chi connectivity index (χ0n) is 15.7. The largest absolute Gasteiger partial charge is 0.444 e. The summed E-state index contributed by atoms with van der Waals surface area (Å²) in [6.45, 7) is 12.6. The van der Waals surface area contributed by atoms with Crippen molar-refractivity contribution in [2.24, 2.45) is 5.41 Å². The van der Waals surface area contributed by atoms with Gasteiger partial charge >= 0.3 is 6.09 Å². The topological polar surface area (TPSA) is 61.8 Å². The molecule has 0 aromatic rings. The highest BCUT2D eigenvalue weighted by Gasteiger charge is 2.36. The summed E-state index contributed by atoms with van der Waals surface area (Å²) in [5.74, 6) is 0. The monoisotopic (exact) mass is 328 g/mol. The smallest absolute Gasteiger partial charge is 0.410 e. The van der Waals surface area contributed by atoms with Crippen LogP contribution >= 0.6 is 0 Å². The van der Waals surface area contributed by atoms with Gasteiger partial charge in [0.05, 0.1) is 6.61 Å². The number of nitrogens with zero attached hydrogens (tertiary/aromatic N) is 1. The third kappa shape index (κ3) is 6.68. The van der Waals surface area contributed by atoms with Gasteiger partial charge in [-0.1, -0.05) is 20.3 Å². The van der Waals surface area contributed by atoms with Crippen LogP contribution in [-0.4, -0.2) is 54.0 Å². The van der Waals surface area contributed by atoms with E-state index in [1.807, 2.05) is 25.7 Å². The van der Waals surface area contributed by atoms with Crippen LogP contribution in [0, 0.1) is 5.41 Å². The first-order valence-electron chi connectivity index (χ1n) is 9.07. The summed E-state index contributed by atoms with van der Waals surface area (Å²) in [7, 11) is 0. The molecule has 0 aromatic heterocycles. The summed E-state index contributed by atoms with van der Waals surface area (Å²) in [6.07, 6.45) is 5.03. The van der Waals surface area contributed by atoms with Crippen LogP contribution in [0.5, 0.6) is 0 Å². The molecule has 1 aliphatic rings. The lowest BCUT2D eigenvalue weighted by molar-refractivity contribution is 0.00822. The van der Waals surface area contributed by atoms with E-state index in [1.165, 1.54) is 0 Å². The number of ether oxygens (including phenoxy) is 1. The number of aliphatic hydroxyl groups is 1. The van der Waals surface area contributed by atoms with Crippen LogP contribution in [0.4, 0.5) is 4.79 Å². The number of carbonyl (C=O) groups is 1. The number of carbonyl (C=O) groups excluding carboxylic acids is 1. The number of hydrogen-bond acceptors (Lipinski definition) is 4. The molecule has 0 bridgehead atoms. The highest BCUT2D eigenvalue weighted by Crippen LogP contribution is 2.36. The molecular formula is C18H36N2O3. The molecule has 1 saturated heterocycles. The molecule has 0 aliphatic carbocycles. The van der Waals surface area contributed by atoms with Crippen molar-refractivity contribution < 1.29 is 14.6 Å². The van der Waals surface area contributed by atoms with Gasteiger partial charge in [0.15, 0.2) is 0 Å². The molecule has 1 rings (SSSR count). The van der Waals surface area contributed by atoms with Crippen LogP contribution in [0.25, 0.3) is 0 Å². The first-order chi connectivity index (χ1) is 10.7. The number of likely N-dealkylation sites (tertiary alicyclic amines) is 1. The van der Waals surface area contributed by atoms with Gasteiger partial charge in [0.2, 0.25) is 0 Å². The lowest BCUT2D eigenvalue weighted by atomic mass is 9.74. The maximum absolute atomic E-state index is 12.2. The van der Waals surface area contributed by atoms with Crippen LogP contribution in [-0.2, 0) is 4.74 Å².